The second kappa shape index (κ2) is 8.86. The number of ether oxygens (including phenoxy) is 2. The van der Waals surface area contributed by atoms with Crippen molar-refractivity contribution < 1.29 is 33.8 Å². The number of nitrogens with two attached hydrogens (primary N) is 1. The van der Waals surface area contributed by atoms with Crippen molar-refractivity contribution in [2.75, 3.05) is 6.79 Å². The van der Waals surface area contributed by atoms with E-state index in [0.717, 1.165) is 0 Å². The summed E-state index contributed by atoms with van der Waals surface area (Å²) in [5.74, 6) is -2.11. The molecule has 4 N–H and O–H groups in total. The molecule has 0 aliphatic carbocycles. The number of nitrogens with one attached hydrogen (secondary N) is 1. The van der Waals surface area contributed by atoms with Crippen LogP contribution in [-0.2, 0) is 28.7 Å². The minimum absolute atomic E-state index is 0.0480. The first-order chi connectivity index (χ1) is 15.2. The Morgan fingerprint density at radius 1 is 1.21 bits per heavy atom. The van der Waals surface area contributed by atoms with E-state index in [1.165, 1.54) is 40.9 Å². The van der Waals surface area contributed by atoms with Gasteiger partial charge in [-0.3, -0.25) is 14.4 Å². The van der Waals surface area contributed by atoms with Gasteiger partial charge in [-0.25, -0.2) is 4.79 Å². The molecule has 10 nitrogen and oxygen atoms in total. The first kappa shape index (κ1) is 24.8. The van der Waals surface area contributed by atoms with Crippen LogP contribution >= 0.6 is 11.8 Å². The number of phenols is 1. The van der Waals surface area contributed by atoms with E-state index in [4.69, 9.17) is 15.2 Å². The van der Waals surface area contributed by atoms with Crippen LogP contribution in [-0.4, -0.2) is 62.8 Å². The van der Waals surface area contributed by atoms with Crippen LogP contribution in [0.1, 0.15) is 46.2 Å². The number of esters is 2. The van der Waals surface area contributed by atoms with Gasteiger partial charge in [0, 0.05) is 4.75 Å². The predicted octanol–water partition coefficient (Wildman–Crippen LogP) is 1.03. The van der Waals surface area contributed by atoms with Crippen LogP contribution in [0.4, 0.5) is 0 Å². The molecular weight excluding hydrogens is 450 g/mol. The third-order valence-electron chi connectivity index (χ3n) is 5.50. The number of fused-ring (bicyclic) bond motifs is 1. The molecule has 1 unspecified atom stereocenters. The Hall–Kier alpha value is -2.79. The Morgan fingerprint density at radius 2 is 1.82 bits per heavy atom. The van der Waals surface area contributed by atoms with Crippen molar-refractivity contribution >= 4 is 35.5 Å². The van der Waals surface area contributed by atoms with Crippen LogP contribution in [0.15, 0.2) is 24.3 Å². The fourth-order valence-corrected chi connectivity index (χ4v) is 5.26. The topological polar surface area (TPSA) is 148 Å². The quantitative estimate of drug-likeness (QED) is 0.309. The van der Waals surface area contributed by atoms with Gasteiger partial charge in [-0.2, -0.15) is 0 Å². The fourth-order valence-electron chi connectivity index (χ4n) is 3.64. The Balaban J connectivity index is 1.61. The molecule has 0 bridgehead atoms. The summed E-state index contributed by atoms with van der Waals surface area (Å²) in [5.41, 5.74) is 5.75. The Morgan fingerprint density at radius 3 is 2.39 bits per heavy atom. The zero-order valence-electron chi connectivity index (χ0n) is 19.2. The average molecular weight is 480 g/mol. The van der Waals surface area contributed by atoms with E-state index in [-0.39, 0.29) is 5.75 Å². The molecule has 2 aliphatic rings. The molecule has 1 aromatic rings. The van der Waals surface area contributed by atoms with Crippen molar-refractivity contribution in [3.05, 3.63) is 29.8 Å². The van der Waals surface area contributed by atoms with E-state index in [9.17, 15) is 24.3 Å². The van der Waals surface area contributed by atoms with E-state index < -0.39 is 64.2 Å². The number of hydrogen-bond donors (Lipinski definition) is 3. The highest BCUT2D eigenvalue weighted by molar-refractivity contribution is 8.01. The monoisotopic (exact) mass is 479 g/mol. The van der Waals surface area contributed by atoms with E-state index in [1.54, 1.807) is 34.6 Å². The van der Waals surface area contributed by atoms with E-state index >= 15 is 0 Å². The second-order valence-electron chi connectivity index (χ2n) is 9.58. The van der Waals surface area contributed by atoms with Crippen LogP contribution in [0, 0.1) is 5.41 Å². The van der Waals surface area contributed by atoms with Crippen molar-refractivity contribution in [3.63, 3.8) is 0 Å². The van der Waals surface area contributed by atoms with E-state index in [2.05, 4.69) is 5.32 Å². The maximum absolute atomic E-state index is 12.8. The third kappa shape index (κ3) is 4.93. The molecule has 0 saturated carbocycles. The maximum atomic E-state index is 12.8. The van der Waals surface area contributed by atoms with Gasteiger partial charge in [0.15, 0.2) is 0 Å². The number of hydrogen-bond acceptors (Lipinski definition) is 9. The van der Waals surface area contributed by atoms with Crippen LogP contribution in [0.5, 0.6) is 5.75 Å². The van der Waals surface area contributed by atoms with Crippen LogP contribution in [0.2, 0.25) is 0 Å². The summed E-state index contributed by atoms with van der Waals surface area (Å²) in [5, 5.41) is 11.6. The summed E-state index contributed by atoms with van der Waals surface area (Å²) in [6.45, 7) is 8.10. The lowest BCUT2D eigenvalue weighted by atomic mass is 9.95. The summed E-state index contributed by atoms with van der Waals surface area (Å²) in [4.78, 5) is 51.4. The minimum atomic E-state index is -1.02. The number of thioether (sulfide) groups is 1. The molecule has 0 aromatic heterocycles. The number of carbonyl (C=O) groups is 4. The molecule has 2 amide bonds. The molecule has 0 spiro atoms. The highest BCUT2D eigenvalue weighted by Crippen LogP contribution is 2.51. The summed E-state index contributed by atoms with van der Waals surface area (Å²) in [7, 11) is 0. The highest BCUT2D eigenvalue weighted by atomic mass is 32.2. The third-order valence-corrected chi connectivity index (χ3v) is 7.07. The molecule has 180 valence electrons. The summed E-state index contributed by atoms with van der Waals surface area (Å²) >= 11 is 1.37. The number of benzene rings is 1. The van der Waals surface area contributed by atoms with Gasteiger partial charge in [-0.05, 0) is 52.3 Å². The molecule has 3 rings (SSSR count). The largest absolute Gasteiger partial charge is 0.508 e. The molecule has 2 saturated heterocycles. The van der Waals surface area contributed by atoms with Gasteiger partial charge in [0.1, 0.15) is 29.2 Å². The van der Waals surface area contributed by atoms with Crippen LogP contribution in [0.3, 0.4) is 0 Å². The second-order valence-corrected chi connectivity index (χ2v) is 11.3. The van der Waals surface area contributed by atoms with Gasteiger partial charge in [-0.15, -0.1) is 11.8 Å². The van der Waals surface area contributed by atoms with Crippen molar-refractivity contribution in [3.8, 4) is 5.75 Å². The fraction of sp³-hybridized carbons (Fsp3) is 0.545. The van der Waals surface area contributed by atoms with Crippen molar-refractivity contribution in [1.29, 1.82) is 0 Å². The van der Waals surface area contributed by atoms with E-state index in [0.29, 0.717) is 5.56 Å². The zero-order valence-corrected chi connectivity index (χ0v) is 20.0. The van der Waals surface area contributed by atoms with Gasteiger partial charge in [0.05, 0.1) is 5.41 Å². The highest BCUT2D eigenvalue weighted by Gasteiger charge is 2.64. The van der Waals surface area contributed by atoms with Crippen molar-refractivity contribution in [2.24, 2.45) is 11.1 Å². The molecule has 2 fully saturated rings. The normalized spacial score (nSPS) is 24.4. The van der Waals surface area contributed by atoms with Crippen molar-refractivity contribution in [2.45, 2.75) is 62.9 Å². The molecule has 2 heterocycles. The zero-order chi connectivity index (χ0) is 24.7. The Labute approximate surface area is 196 Å². The van der Waals surface area contributed by atoms with Crippen LogP contribution in [0.25, 0.3) is 0 Å². The number of carbonyl (C=O) groups excluding carboxylic acids is 4. The van der Waals surface area contributed by atoms with Crippen molar-refractivity contribution in [1.82, 2.24) is 10.2 Å². The average Bonchev–Trinajstić information content (AvgIpc) is 2.98. The predicted molar refractivity (Wildman–Crippen MR) is 120 cm³/mol. The Bertz CT molecular complexity index is 958. The molecule has 33 heavy (non-hydrogen) atoms. The van der Waals surface area contributed by atoms with Gasteiger partial charge in [0.2, 0.25) is 18.6 Å². The molecule has 1 aromatic carbocycles. The molecule has 11 heteroatoms. The lowest BCUT2D eigenvalue weighted by molar-refractivity contribution is -0.180. The molecule has 2 aliphatic heterocycles. The molecular formula is C22H29N3O7S. The first-order valence-corrected chi connectivity index (χ1v) is 11.3. The summed E-state index contributed by atoms with van der Waals surface area (Å²) < 4.78 is 9.43. The van der Waals surface area contributed by atoms with Gasteiger partial charge in [-0.1, -0.05) is 12.1 Å². The maximum Gasteiger partial charge on any atom is 0.333 e. The number of nitrogens with zero attached hydrogens (tertiary/aromatic N) is 1. The number of aromatic hydroxyl groups is 1. The first-order valence-electron chi connectivity index (χ1n) is 10.4. The number of amides is 2. The molecule has 4 atom stereocenters. The Kier molecular flexibility index (Phi) is 6.67. The standard InChI is InChI=1S/C22H29N3O7S/c1-21(2,3)20(30)32-10-31-19(29)15-22(4,5)33-18-14(17(28)25(15)18)24-16(27)13(23)11-6-8-12(26)9-7-11/h6-9,13-15,18,26H,10,23H2,1-5H3,(H,24,27)/t13-,14?,15+,18-/m1/s1. The molecule has 0 radical (unpaired) electrons. The van der Waals surface area contributed by atoms with Gasteiger partial charge < -0.3 is 30.5 Å². The van der Waals surface area contributed by atoms with Gasteiger partial charge >= 0.3 is 11.9 Å². The SMILES string of the molecule is CC(C)(C)C(=O)OCOC(=O)[C@@H]1N2C(=O)C(NC(=O)[C@H](N)c3ccc(O)cc3)[C@H]2SC1(C)C. The summed E-state index contributed by atoms with van der Waals surface area (Å²) in [6.07, 6.45) is 0. The smallest absolute Gasteiger partial charge is 0.333 e. The summed E-state index contributed by atoms with van der Waals surface area (Å²) in [6, 6.07) is 3.14. The number of β-lactam (4-membered cyclic amide) rings is 1. The lowest BCUT2D eigenvalue weighted by Crippen LogP contribution is -2.71. The number of rotatable bonds is 6. The lowest BCUT2D eigenvalue weighted by Gasteiger charge is -2.44. The van der Waals surface area contributed by atoms with Crippen LogP contribution < -0.4 is 11.1 Å². The van der Waals surface area contributed by atoms with Gasteiger partial charge in [0.25, 0.3) is 0 Å². The van der Waals surface area contributed by atoms with E-state index in [1.807, 2.05) is 0 Å². The number of phenolic OH excluding ortho intramolecular Hbond substituents is 1. The minimum Gasteiger partial charge on any atom is -0.508 e.